The fraction of sp³-hybridized carbons (Fsp3) is 0.929. The van der Waals surface area contributed by atoms with Crippen LogP contribution in [0.5, 0.6) is 0 Å². The Kier molecular flexibility index (Phi) is 4.97. The summed E-state index contributed by atoms with van der Waals surface area (Å²) >= 11 is 0. The quantitative estimate of drug-likeness (QED) is 0.732. The zero-order chi connectivity index (χ0) is 12.2. The van der Waals surface area contributed by atoms with E-state index in [-0.39, 0.29) is 0 Å². The number of likely N-dealkylation sites (tertiary alicyclic amines) is 1. The van der Waals surface area contributed by atoms with E-state index in [0.29, 0.717) is 17.2 Å². The smallest absolute Gasteiger partial charge is 0.131 e. The molecule has 1 saturated heterocycles. The summed E-state index contributed by atoms with van der Waals surface area (Å²) in [6.07, 6.45) is 5.79. The molecule has 0 bridgehead atoms. The molecule has 0 aromatic rings. The molecule has 0 amide bonds. The van der Waals surface area contributed by atoms with Crippen molar-refractivity contribution in [2.75, 3.05) is 13.1 Å². The molecule has 2 heteroatoms. The Hall–Kier alpha value is -0.370. The van der Waals surface area contributed by atoms with E-state index in [1.807, 2.05) is 0 Å². The molecule has 1 rings (SSSR count). The third-order valence-corrected chi connectivity index (χ3v) is 3.42. The topological polar surface area (TPSA) is 20.3 Å². The minimum atomic E-state index is 0.340. The molecule has 1 heterocycles. The van der Waals surface area contributed by atoms with Gasteiger partial charge in [0.15, 0.2) is 0 Å². The minimum Gasteiger partial charge on any atom is -0.300 e. The Morgan fingerprint density at radius 1 is 1.31 bits per heavy atom. The number of hydrogen-bond acceptors (Lipinski definition) is 2. The molecular formula is C14H27NO. The van der Waals surface area contributed by atoms with Gasteiger partial charge in [-0.05, 0) is 44.7 Å². The van der Waals surface area contributed by atoms with Gasteiger partial charge in [0.05, 0.1) is 0 Å². The molecule has 0 N–H and O–H groups in total. The van der Waals surface area contributed by atoms with E-state index in [0.717, 1.165) is 13.0 Å². The van der Waals surface area contributed by atoms with Gasteiger partial charge in [-0.15, -0.1) is 0 Å². The maximum Gasteiger partial charge on any atom is 0.131 e. The van der Waals surface area contributed by atoms with E-state index in [1.165, 1.54) is 32.2 Å². The first-order chi connectivity index (χ1) is 7.38. The molecule has 1 aliphatic rings. The molecular weight excluding hydrogens is 198 g/mol. The molecule has 0 spiro atoms. The van der Waals surface area contributed by atoms with Crippen LogP contribution in [0.4, 0.5) is 0 Å². The number of nitrogens with zero attached hydrogens (tertiary/aromatic N) is 1. The Morgan fingerprint density at radius 2 is 2.00 bits per heavy atom. The highest BCUT2D eigenvalue weighted by Crippen LogP contribution is 2.24. The number of carbonyl (C=O) groups is 1. The maximum absolute atomic E-state index is 11.2. The first-order valence-corrected chi connectivity index (χ1v) is 6.62. The van der Waals surface area contributed by atoms with E-state index in [4.69, 9.17) is 0 Å². The number of piperidine rings is 1. The Labute approximate surface area is 100 Å². The summed E-state index contributed by atoms with van der Waals surface area (Å²) < 4.78 is 0. The van der Waals surface area contributed by atoms with Crippen molar-refractivity contribution < 1.29 is 4.79 Å². The van der Waals surface area contributed by atoms with Crippen molar-refractivity contribution in [1.82, 2.24) is 4.90 Å². The molecule has 0 aromatic carbocycles. The molecule has 94 valence electrons. The van der Waals surface area contributed by atoms with Crippen LogP contribution in [0, 0.1) is 5.41 Å². The Morgan fingerprint density at radius 3 is 2.56 bits per heavy atom. The van der Waals surface area contributed by atoms with Crippen molar-refractivity contribution in [2.24, 2.45) is 5.41 Å². The molecule has 0 aromatic heterocycles. The van der Waals surface area contributed by atoms with Crippen LogP contribution in [0.1, 0.15) is 59.8 Å². The van der Waals surface area contributed by atoms with Crippen molar-refractivity contribution in [1.29, 1.82) is 0 Å². The standard InChI is InChI=1S/C14H27NO/c1-12(16)11-13-7-5-6-9-15(13)10-8-14(2,3)4/h13H,5-11H2,1-4H3. The van der Waals surface area contributed by atoms with Crippen LogP contribution in [0.15, 0.2) is 0 Å². The molecule has 0 saturated carbocycles. The zero-order valence-corrected chi connectivity index (χ0v) is 11.4. The Balaban J connectivity index is 2.44. The van der Waals surface area contributed by atoms with E-state index in [1.54, 1.807) is 6.92 Å². The fourth-order valence-electron chi connectivity index (χ4n) is 2.40. The third kappa shape index (κ3) is 5.11. The van der Waals surface area contributed by atoms with Gasteiger partial charge >= 0.3 is 0 Å². The summed E-state index contributed by atoms with van der Waals surface area (Å²) in [7, 11) is 0. The summed E-state index contributed by atoms with van der Waals surface area (Å²) in [5.41, 5.74) is 0.401. The second-order valence-corrected chi connectivity index (χ2v) is 6.40. The molecule has 1 aliphatic heterocycles. The van der Waals surface area contributed by atoms with Gasteiger partial charge in [-0.2, -0.15) is 0 Å². The van der Waals surface area contributed by atoms with Crippen molar-refractivity contribution in [3.63, 3.8) is 0 Å². The number of ketones is 1. The van der Waals surface area contributed by atoms with Crippen molar-refractivity contribution in [3.05, 3.63) is 0 Å². The highest BCUT2D eigenvalue weighted by Gasteiger charge is 2.24. The fourth-order valence-corrected chi connectivity index (χ4v) is 2.40. The van der Waals surface area contributed by atoms with Gasteiger partial charge in [-0.1, -0.05) is 27.2 Å². The highest BCUT2D eigenvalue weighted by molar-refractivity contribution is 5.76. The first kappa shape index (κ1) is 13.7. The summed E-state index contributed by atoms with van der Waals surface area (Å²) in [4.78, 5) is 13.8. The molecule has 1 fully saturated rings. The second-order valence-electron chi connectivity index (χ2n) is 6.40. The maximum atomic E-state index is 11.2. The molecule has 1 atom stereocenters. The number of carbonyl (C=O) groups excluding carboxylic acids is 1. The second kappa shape index (κ2) is 5.81. The van der Waals surface area contributed by atoms with Crippen LogP contribution in [0.25, 0.3) is 0 Å². The Bertz CT molecular complexity index is 229. The van der Waals surface area contributed by atoms with E-state index >= 15 is 0 Å². The lowest BCUT2D eigenvalue weighted by Crippen LogP contribution is -2.41. The van der Waals surface area contributed by atoms with Crippen LogP contribution >= 0.6 is 0 Å². The molecule has 16 heavy (non-hydrogen) atoms. The van der Waals surface area contributed by atoms with Crippen LogP contribution in [-0.4, -0.2) is 29.8 Å². The van der Waals surface area contributed by atoms with E-state index in [9.17, 15) is 4.79 Å². The lowest BCUT2D eigenvalue weighted by atomic mass is 9.90. The number of Topliss-reactive ketones (excluding diaryl/α,β-unsaturated/α-hetero) is 1. The van der Waals surface area contributed by atoms with Crippen LogP contribution in [0.3, 0.4) is 0 Å². The van der Waals surface area contributed by atoms with Gasteiger partial charge < -0.3 is 0 Å². The van der Waals surface area contributed by atoms with E-state index in [2.05, 4.69) is 25.7 Å². The molecule has 0 aliphatic carbocycles. The summed E-state index contributed by atoms with van der Waals surface area (Å²) in [5.74, 6) is 0.340. The van der Waals surface area contributed by atoms with Gasteiger partial charge in [0.25, 0.3) is 0 Å². The SMILES string of the molecule is CC(=O)CC1CCCCN1CCC(C)(C)C. The van der Waals surface area contributed by atoms with Crippen LogP contribution in [0.2, 0.25) is 0 Å². The highest BCUT2D eigenvalue weighted by atomic mass is 16.1. The summed E-state index contributed by atoms with van der Waals surface area (Å²) in [6, 6.07) is 0.522. The first-order valence-electron chi connectivity index (χ1n) is 6.62. The van der Waals surface area contributed by atoms with Gasteiger partial charge in [-0.3, -0.25) is 9.69 Å². The van der Waals surface area contributed by atoms with Gasteiger partial charge in [0.1, 0.15) is 5.78 Å². The van der Waals surface area contributed by atoms with Crippen molar-refractivity contribution >= 4 is 5.78 Å². The van der Waals surface area contributed by atoms with Gasteiger partial charge in [-0.25, -0.2) is 0 Å². The lowest BCUT2D eigenvalue weighted by molar-refractivity contribution is -0.118. The number of hydrogen-bond donors (Lipinski definition) is 0. The van der Waals surface area contributed by atoms with Crippen LogP contribution < -0.4 is 0 Å². The molecule has 0 radical (unpaired) electrons. The van der Waals surface area contributed by atoms with E-state index < -0.39 is 0 Å². The summed E-state index contributed by atoms with van der Waals surface area (Å²) in [5, 5.41) is 0. The average Bonchev–Trinajstić information content (AvgIpc) is 2.14. The lowest BCUT2D eigenvalue weighted by Gasteiger charge is -2.36. The predicted molar refractivity (Wildman–Crippen MR) is 68.6 cm³/mol. The van der Waals surface area contributed by atoms with Gasteiger partial charge in [0, 0.05) is 12.5 Å². The summed E-state index contributed by atoms with van der Waals surface area (Å²) in [6.45, 7) is 10.9. The third-order valence-electron chi connectivity index (χ3n) is 3.42. The molecule has 1 unspecified atom stereocenters. The number of rotatable bonds is 4. The normalized spacial score (nSPS) is 23.4. The average molecular weight is 225 g/mol. The zero-order valence-electron chi connectivity index (χ0n) is 11.4. The van der Waals surface area contributed by atoms with Crippen molar-refractivity contribution in [3.8, 4) is 0 Å². The largest absolute Gasteiger partial charge is 0.300 e. The molecule has 2 nitrogen and oxygen atoms in total. The predicted octanol–water partition coefficient (Wildman–Crippen LogP) is 3.26. The van der Waals surface area contributed by atoms with Crippen molar-refractivity contribution in [2.45, 2.75) is 65.8 Å². The monoisotopic (exact) mass is 225 g/mol. The van der Waals surface area contributed by atoms with Crippen LogP contribution in [-0.2, 0) is 4.79 Å². The minimum absolute atomic E-state index is 0.340. The van der Waals surface area contributed by atoms with Gasteiger partial charge in [0.2, 0.25) is 0 Å².